The van der Waals surface area contributed by atoms with Crippen molar-refractivity contribution >= 4 is 28.1 Å². The third-order valence-corrected chi connectivity index (χ3v) is 17.1. The van der Waals surface area contributed by atoms with Crippen molar-refractivity contribution in [3.63, 3.8) is 0 Å². The summed E-state index contributed by atoms with van der Waals surface area (Å²) in [5.74, 6) is 2.75. The van der Waals surface area contributed by atoms with Gasteiger partial charge < -0.3 is 4.98 Å². The summed E-state index contributed by atoms with van der Waals surface area (Å²) in [6.07, 6.45) is 33.7. The first kappa shape index (κ1) is 39.9. The first-order chi connectivity index (χ1) is 32.5. The third-order valence-electron chi connectivity index (χ3n) is 17.1. The molecule has 0 bridgehead atoms. The Hall–Kier alpha value is -6.44. The van der Waals surface area contributed by atoms with Crippen molar-refractivity contribution in [2.45, 2.75) is 88.4 Å². The number of aromatic nitrogens is 1. The van der Waals surface area contributed by atoms with Gasteiger partial charge in [0, 0.05) is 39.4 Å². The lowest BCUT2D eigenvalue weighted by Crippen LogP contribution is -2.36. The molecule has 1 saturated carbocycles. The van der Waals surface area contributed by atoms with Crippen LogP contribution in [-0.4, -0.2) is 4.98 Å². The fourth-order valence-corrected chi connectivity index (χ4v) is 13.7. The van der Waals surface area contributed by atoms with Gasteiger partial charge in [-0.2, -0.15) is 0 Å². The predicted molar refractivity (Wildman–Crippen MR) is 276 cm³/mol. The van der Waals surface area contributed by atoms with E-state index in [1.807, 2.05) is 0 Å². The molecular formula is C65H59N. The van der Waals surface area contributed by atoms with Crippen LogP contribution in [0.5, 0.6) is 0 Å². The van der Waals surface area contributed by atoms with E-state index in [4.69, 9.17) is 0 Å². The lowest BCUT2D eigenvalue weighted by Gasteiger charge is -2.48. The smallest absolute Gasteiger partial charge is 0.0500 e. The molecule has 1 heterocycles. The molecular weight excluding hydrogens is 795 g/mol. The Kier molecular flexibility index (Phi) is 9.59. The maximum absolute atomic E-state index is 3.80. The molecule has 0 radical (unpaired) electrons. The van der Waals surface area contributed by atoms with E-state index < -0.39 is 0 Å². The van der Waals surface area contributed by atoms with E-state index in [9.17, 15) is 0 Å². The zero-order valence-corrected chi connectivity index (χ0v) is 38.4. The lowest BCUT2D eigenvalue weighted by molar-refractivity contribution is 0.277. The highest BCUT2D eigenvalue weighted by molar-refractivity contribution is 5.93. The second kappa shape index (κ2) is 15.9. The molecule has 6 atom stereocenters. The molecule has 7 aliphatic rings. The van der Waals surface area contributed by atoms with Crippen LogP contribution >= 0.6 is 0 Å². The summed E-state index contributed by atoms with van der Waals surface area (Å²) in [7, 11) is 0. The van der Waals surface area contributed by atoms with Crippen molar-refractivity contribution in [3.8, 4) is 0 Å². The van der Waals surface area contributed by atoms with Crippen molar-refractivity contribution < 1.29 is 0 Å². The molecule has 6 aromatic rings. The summed E-state index contributed by atoms with van der Waals surface area (Å²) in [5, 5.41) is 1.37. The Bertz CT molecular complexity index is 3180. The van der Waals surface area contributed by atoms with Crippen molar-refractivity contribution in [1.29, 1.82) is 0 Å². The fourth-order valence-electron chi connectivity index (χ4n) is 13.7. The number of nitrogens with one attached hydrogen (secondary N) is 1. The zero-order chi connectivity index (χ0) is 43.9. The van der Waals surface area contributed by atoms with Gasteiger partial charge in [-0.05, 0) is 142 Å². The van der Waals surface area contributed by atoms with Gasteiger partial charge in [-0.15, -0.1) is 0 Å². The number of H-pyrrole nitrogens is 1. The van der Waals surface area contributed by atoms with E-state index in [0.29, 0.717) is 29.6 Å². The summed E-state index contributed by atoms with van der Waals surface area (Å²) in [6, 6.07) is 46.6. The standard InChI is InChI=1S/C65H59N/c1-65(2)60-21-10-8-17-52(60)53-35-34-49(40-61(53)65)57(46-29-27-45(28-30-46)51-19-12-20-56-54-18-9-11-22-62(54)66-64(51)56)37-41-23-25-42(26-24-41)47-31-32-48-39-58(43-13-4-3-5-14-43)55-36-33-44-15-6-7-16-50(44)63(55)59(48)38-47/h3-7,9-11,13-16,18-19,21-25,27-36,40,42,55,57-59,63,66H,8,12,17,20,26,37-39H2,1-2H3. The highest BCUT2D eigenvalue weighted by Gasteiger charge is 2.45. The molecule has 1 fully saturated rings. The minimum absolute atomic E-state index is 0.00676. The zero-order valence-electron chi connectivity index (χ0n) is 38.4. The highest BCUT2D eigenvalue weighted by atomic mass is 14.7. The molecule has 0 amide bonds. The van der Waals surface area contributed by atoms with E-state index >= 15 is 0 Å². The van der Waals surface area contributed by atoms with Gasteiger partial charge in [-0.25, -0.2) is 0 Å². The molecule has 66 heavy (non-hydrogen) atoms. The quantitative estimate of drug-likeness (QED) is 0.165. The van der Waals surface area contributed by atoms with Gasteiger partial charge in [0.25, 0.3) is 0 Å². The highest BCUT2D eigenvalue weighted by Crippen LogP contribution is 2.58. The number of fused-ring (bicyclic) bond motifs is 10. The summed E-state index contributed by atoms with van der Waals surface area (Å²) in [6.45, 7) is 4.88. The number of benzene rings is 5. The SMILES string of the molecule is CC1(C)C2=C(CCC=C2)c2ccc(C(CC3=CCC(C4=CC=C5CC(c6ccccc6)C6C=Cc7ccccc7C6C5C4)C=C3)c3ccc(C4=CCCc5c4[nH]c4ccccc54)cc3)cc21. The van der Waals surface area contributed by atoms with Crippen LogP contribution in [0.25, 0.3) is 28.1 Å². The molecule has 1 aromatic heterocycles. The van der Waals surface area contributed by atoms with E-state index in [1.54, 1.807) is 22.3 Å². The van der Waals surface area contributed by atoms with Gasteiger partial charge in [-0.1, -0.05) is 207 Å². The molecule has 6 unspecified atom stereocenters. The van der Waals surface area contributed by atoms with Gasteiger partial charge in [0.05, 0.1) is 0 Å². The molecule has 0 spiro atoms. The van der Waals surface area contributed by atoms with E-state index in [-0.39, 0.29) is 11.3 Å². The Labute approximate surface area is 391 Å². The Morgan fingerprint density at radius 2 is 1.50 bits per heavy atom. The molecule has 7 aliphatic carbocycles. The predicted octanol–water partition coefficient (Wildman–Crippen LogP) is 16.5. The number of hydrogen-bond acceptors (Lipinski definition) is 0. The minimum Gasteiger partial charge on any atom is -0.354 e. The summed E-state index contributed by atoms with van der Waals surface area (Å²) >= 11 is 0. The van der Waals surface area contributed by atoms with Crippen LogP contribution in [0.3, 0.4) is 0 Å². The maximum atomic E-state index is 3.80. The lowest BCUT2D eigenvalue weighted by atomic mass is 9.56. The first-order valence-electron chi connectivity index (χ1n) is 25.0. The molecule has 1 nitrogen and oxygen atoms in total. The number of aromatic amines is 1. The number of hydrogen-bond donors (Lipinski definition) is 1. The number of aryl methyl sites for hydroxylation is 1. The first-order valence-corrected chi connectivity index (χ1v) is 25.0. The second-order valence-corrected chi connectivity index (χ2v) is 20.9. The average molecular weight is 854 g/mol. The maximum Gasteiger partial charge on any atom is 0.0500 e. The van der Waals surface area contributed by atoms with Crippen LogP contribution in [0.15, 0.2) is 198 Å². The minimum atomic E-state index is 0.00676. The molecule has 1 N–H and O–H groups in total. The molecule has 324 valence electrons. The van der Waals surface area contributed by atoms with Crippen molar-refractivity contribution in [1.82, 2.24) is 4.98 Å². The molecule has 5 aromatic carbocycles. The van der Waals surface area contributed by atoms with Crippen LogP contribution in [0.4, 0.5) is 0 Å². The van der Waals surface area contributed by atoms with Gasteiger partial charge >= 0.3 is 0 Å². The number of para-hydroxylation sites is 1. The molecule has 0 saturated heterocycles. The monoisotopic (exact) mass is 853 g/mol. The summed E-state index contributed by atoms with van der Waals surface area (Å²) in [4.78, 5) is 3.80. The van der Waals surface area contributed by atoms with Crippen LogP contribution in [0, 0.1) is 17.8 Å². The average Bonchev–Trinajstić information content (AvgIpc) is 3.87. The van der Waals surface area contributed by atoms with E-state index in [0.717, 1.165) is 51.4 Å². The van der Waals surface area contributed by atoms with E-state index in [2.05, 4.69) is 201 Å². The van der Waals surface area contributed by atoms with Crippen molar-refractivity contribution in [2.75, 3.05) is 0 Å². The van der Waals surface area contributed by atoms with Gasteiger partial charge in [0.1, 0.15) is 0 Å². The summed E-state index contributed by atoms with van der Waals surface area (Å²) < 4.78 is 0. The Morgan fingerprint density at radius 1 is 0.697 bits per heavy atom. The largest absolute Gasteiger partial charge is 0.354 e. The molecule has 0 aliphatic heterocycles. The van der Waals surface area contributed by atoms with Gasteiger partial charge in [0.2, 0.25) is 0 Å². The third kappa shape index (κ3) is 6.56. The van der Waals surface area contributed by atoms with Crippen LogP contribution in [-0.2, 0) is 11.8 Å². The molecule has 1 heteroatoms. The van der Waals surface area contributed by atoms with Crippen molar-refractivity contribution in [2.24, 2.45) is 17.8 Å². The number of rotatable bonds is 7. The number of allylic oxidation sites excluding steroid dienone is 14. The van der Waals surface area contributed by atoms with Crippen LogP contribution in [0.1, 0.15) is 132 Å². The van der Waals surface area contributed by atoms with Crippen molar-refractivity contribution in [3.05, 3.63) is 254 Å². The fraction of sp³-hybridized carbons (Fsp3) is 0.262. The topological polar surface area (TPSA) is 15.8 Å². The normalized spacial score (nSPS) is 24.8. The Balaban J connectivity index is 0.801. The van der Waals surface area contributed by atoms with Gasteiger partial charge in [0.15, 0.2) is 0 Å². The van der Waals surface area contributed by atoms with E-state index in [1.165, 1.54) is 77.8 Å². The second-order valence-electron chi connectivity index (χ2n) is 20.9. The summed E-state index contributed by atoms with van der Waals surface area (Å²) in [5.41, 5.74) is 24.7. The van der Waals surface area contributed by atoms with Gasteiger partial charge in [-0.3, -0.25) is 0 Å². The molecule has 13 rings (SSSR count). The Morgan fingerprint density at radius 3 is 2.38 bits per heavy atom. The van der Waals surface area contributed by atoms with Crippen LogP contribution in [0.2, 0.25) is 0 Å². The van der Waals surface area contributed by atoms with Crippen LogP contribution < -0.4 is 0 Å².